The van der Waals surface area contributed by atoms with Crippen molar-refractivity contribution >= 4 is 5.91 Å². The molecule has 1 amide bonds. The largest absolute Gasteiger partial charge is 0.383 e. The van der Waals surface area contributed by atoms with Gasteiger partial charge in [0, 0.05) is 33.9 Å². The van der Waals surface area contributed by atoms with Gasteiger partial charge in [0.05, 0.1) is 23.9 Å². The van der Waals surface area contributed by atoms with Gasteiger partial charge in [0.25, 0.3) is 5.91 Å². The van der Waals surface area contributed by atoms with E-state index in [1.165, 1.54) is 12.8 Å². The molecule has 1 saturated heterocycles. The van der Waals surface area contributed by atoms with Gasteiger partial charge in [-0.1, -0.05) is 6.42 Å². The Labute approximate surface area is 132 Å². The van der Waals surface area contributed by atoms with E-state index >= 15 is 0 Å². The summed E-state index contributed by atoms with van der Waals surface area (Å²) in [6.07, 6.45) is 5.12. The molecule has 6 nitrogen and oxygen atoms in total. The fourth-order valence-electron chi connectivity index (χ4n) is 2.86. The molecule has 0 spiro atoms. The summed E-state index contributed by atoms with van der Waals surface area (Å²) in [6.45, 7) is 4.54. The van der Waals surface area contributed by atoms with Gasteiger partial charge in [-0.2, -0.15) is 0 Å². The van der Waals surface area contributed by atoms with Crippen LogP contribution < -0.4 is 0 Å². The van der Waals surface area contributed by atoms with E-state index in [9.17, 15) is 4.79 Å². The Kier molecular flexibility index (Phi) is 5.85. The fraction of sp³-hybridized carbons (Fsp3) is 0.688. The van der Waals surface area contributed by atoms with Gasteiger partial charge in [-0.05, 0) is 26.3 Å². The molecule has 6 heteroatoms. The lowest BCUT2D eigenvalue weighted by Gasteiger charge is -2.34. The van der Waals surface area contributed by atoms with Gasteiger partial charge in [-0.3, -0.25) is 9.69 Å². The van der Waals surface area contributed by atoms with Crippen LogP contribution in [0.5, 0.6) is 0 Å². The van der Waals surface area contributed by atoms with Crippen molar-refractivity contribution in [2.24, 2.45) is 0 Å². The summed E-state index contributed by atoms with van der Waals surface area (Å²) in [4.78, 5) is 25.1. The van der Waals surface area contributed by atoms with Gasteiger partial charge in [-0.25, -0.2) is 9.97 Å². The molecule has 122 valence electrons. The number of aromatic nitrogens is 2. The van der Waals surface area contributed by atoms with Crippen molar-refractivity contribution in [1.29, 1.82) is 0 Å². The maximum Gasteiger partial charge on any atom is 0.256 e. The Morgan fingerprint density at radius 1 is 1.45 bits per heavy atom. The Morgan fingerprint density at radius 3 is 2.86 bits per heavy atom. The van der Waals surface area contributed by atoms with Crippen LogP contribution in [0.25, 0.3) is 0 Å². The highest BCUT2D eigenvalue weighted by molar-refractivity contribution is 5.94. The summed E-state index contributed by atoms with van der Waals surface area (Å²) in [5, 5.41) is 0. The third kappa shape index (κ3) is 3.81. The number of hydrogen-bond acceptors (Lipinski definition) is 5. The molecule has 1 aliphatic heterocycles. The average Bonchev–Trinajstić information content (AvgIpc) is 2.52. The molecule has 0 N–H and O–H groups in total. The van der Waals surface area contributed by atoms with E-state index in [2.05, 4.69) is 14.9 Å². The zero-order valence-electron chi connectivity index (χ0n) is 14.0. The van der Waals surface area contributed by atoms with E-state index in [1.807, 2.05) is 6.92 Å². The van der Waals surface area contributed by atoms with Gasteiger partial charge in [0.15, 0.2) is 0 Å². The quantitative estimate of drug-likeness (QED) is 0.828. The Bertz CT molecular complexity index is 519. The second-order valence-corrected chi connectivity index (χ2v) is 5.97. The molecule has 0 aromatic carbocycles. The molecule has 2 heterocycles. The zero-order valence-corrected chi connectivity index (χ0v) is 14.0. The monoisotopic (exact) mass is 306 g/mol. The van der Waals surface area contributed by atoms with Crippen LogP contribution >= 0.6 is 0 Å². The molecule has 1 aliphatic rings. The Hall–Kier alpha value is -1.53. The molecular formula is C16H26N4O2. The molecular weight excluding hydrogens is 280 g/mol. The molecule has 1 aromatic heterocycles. The maximum absolute atomic E-state index is 12.1. The fourth-order valence-corrected chi connectivity index (χ4v) is 2.86. The predicted octanol–water partition coefficient (Wildman–Crippen LogP) is 1.66. The zero-order chi connectivity index (χ0) is 16.1. The molecule has 2 rings (SSSR count). The van der Waals surface area contributed by atoms with Crippen molar-refractivity contribution in [2.75, 3.05) is 40.9 Å². The maximum atomic E-state index is 12.1. The molecule has 0 saturated carbocycles. The summed E-state index contributed by atoms with van der Waals surface area (Å²) in [7, 11) is 5.20. The topological polar surface area (TPSA) is 58.6 Å². The van der Waals surface area contributed by atoms with E-state index in [0.717, 1.165) is 31.0 Å². The highest BCUT2D eigenvalue weighted by Crippen LogP contribution is 2.28. The van der Waals surface area contributed by atoms with E-state index in [4.69, 9.17) is 4.74 Å². The van der Waals surface area contributed by atoms with E-state index < -0.39 is 0 Å². The van der Waals surface area contributed by atoms with Crippen LogP contribution in [-0.2, 0) is 4.74 Å². The molecule has 0 radical (unpaired) electrons. The number of nitrogens with zero attached hydrogens (tertiary/aromatic N) is 4. The number of hydrogen-bond donors (Lipinski definition) is 0. The van der Waals surface area contributed by atoms with Gasteiger partial charge in [-0.15, -0.1) is 0 Å². The molecule has 0 aliphatic carbocycles. The van der Waals surface area contributed by atoms with Crippen LogP contribution in [0, 0.1) is 6.92 Å². The predicted molar refractivity (Wildman–Crippen MR) is 84.8 cm³/mol. The average molecular weight is 306 g/mol. The second-order valence-electron chi connectivity index (χ2n) is 5.97. The number of methoxy groups -OCH3 is 1. The molecule has 1 atom stereocenters. The van der Waals surface area contributed by atoms with Gasteiger partial charge in [0.2, 0.25) is 0 Å². The minimum Gasteiger partial charge on any atom is -0.383 e. The van der Waals surface area contributed by atoms with Crippen LogP contribution in [0.3, 0.4) is 0 Å². The number of ether oxygens (including phenoxy) is 1. The lowest BCUT2D eigenvalue weighted by atomic mass is 10.0. The first-order chi connectivity index (χ1) is 10.5. The minimum absolute atomic E-state index is 0.0519. The van der Waals surface area contributed by atoms with Gasteiger partial charge >= 0.3 is 0 Å². The number of piperidine rings is 1. The number of carbonyl (C=O) groups is 1. The van der Waals surface area contributed by atoms with Crippen LogP contribution in [0.2, 0.25) is 0 Å². The van der Waals surface area contributed by atoms with Crippen LogP contribution in [-0.4, -0.2) is 66.6 Å². The van der Waals surface area contributed by atoms with Gasteiger partial charge in [0.1, 0.15) is 5.82 Å². The molecule has 1 fully saturated rings. The SMILES string of the molecule is COCCN1CCCC[C@H]1c1ncc(C(=O)N(C)C)c(C)n1. The molecule has 0 bridgehead atoms. The first kappa shape index (κ1) is 16.8. The van der Waals surface area contributed by atoms with Crippen molar-refractivity contribution in [3.05, 3.63) is 23.3 Å². The number of aryl methyl sites for hydroxylation is 1. The Morgan fingerprint density at radius 2 is 2.23 bits per heavy atom. The summed E-state index contributed by atoms with van der Waals surface area (Å²) in [5.74, 6) is 0.771. The molecule has 1 aromatic rings. The number of amides is 1. The van der Waals surface area contributed by atoms with Crippen molar-refractivity contribution in [3.63, 3.8) is 0 Å². The number of carbonyl (C=O) groups excluding carboxylic acids is 1. The van der Waals surface area contributed by atoms with Crippen molar-refractivity contribution in [3.8, 4) is 0 Å². The molecule has 22 heavy (non-hydrogen) atoms. The van der Waals surface area contributed by atoms with E-state index in [1.54, 1.807) is 32.3 Å². The Balaban J connectivity index is 2.20. The third-order valence-corrected chi connectivity index (χ3v) is 4.13. The molecule has 0 unspecified atom stereocenters. The van der Waals surface area contributed by atoms with Crippen molar-refractivity contribution < 1.29 is 9.53 Å². The minimum atomic E-state index is -0.0519. The smallest absolute Gasteiger partial charge is 0.256 e. The highest BCUT2D eigenvalue weighted by Gasteiger charge is 2.26. The van der Waals surface area contributed by atoms with Crippen LogP contribution in [0.1, 0.15) is 47.2 Å². The van der Waals surface area contributed by atoms with Crippen molar-refractivity contribution in [1.82, 2.24) is 19.8 Å². The third-order valence-electron chi connectivity index (χ3n) is 4.13. The summed E-state index contributed by atoms with van der Waals surface area (Å²) < 4.78 is 5.20. The van der Waals surface area contributed by atoms with E-state index in [-0.39, 0.29) is 11.9 Å². The highest BCUT2D eigenvalue weighted by atomic mass is 16.5. The van der Waals surface area contributed by atoms with Crippen LogP contribution in [0.15, 0.2) is 6.20 Å². The summed E-state index contributed by atoms with van der Waals surface area (Å²) in [5.41, 5.74) is 1.33. The van der Waals surface area contributed by atoms with Crippen LogP contribution in [0.4, 0.5) is 0 Å². The first-order valence-corrected chi connectivity index (χ1v) is 7.82. The second kappa shape index (κ2) is 7.65. The number of rotatable bonds is 5. The lowest BCUT2D eigenvalue weighted by molar-refractivity contribution is 0.0824. The first-order valence-electron chi connectivity index (χ1n) is 7.82. The summed E-state index contributed by atoms with van der Waals surface area (Å²) in [6, 6.07) is 0.228. The van der Waals surface area contributed by atoms with E-state index in [0.29, 0.717) is 12.2 Å². The number of likely N-dealkylation sites (tertiary alicyclic amines) is 1. The van der Waals surface area contributed by atoms with Crippen molar-refractivity contribution in [2.45, 2.75) is 32.2 Å². The van der Waals surface area contributed by atoms with Gasteiger partial charge < -0.3 is 9.64 Å². The lowest BCUT2D eigenvalue weighted by Crippen LogP contribution is -2.37. The normalized spacial score (nSPS) is 19.2. The summed E-state index contributed by atoms with van der Waals surface area (Å²) >= 11 is 0. The standard InChI is InChI=1S/C16H26N4O2/c1-12-13(16(21)19(2)3)11-17-15(18-12)14-7-5-6-8-20(14)9-10-22-4/h11,14H,5-10H2,1-4H3/t14-/m0/s1.